The highest BCUT2D eigenvalue weighted by atomic mass is 32.2. The van der Waals surface area contributed by atoms with Crippen LogP contribution in [0.3, 0.4) is 0 Å². The first kappa shape index (κ1) is 13.2. The van der Waals surface area contributed by atoms with Crippen LogP contribution in [0, 0.1) is 0 Å². The molecule has 1 aliphatic heterocycles. The molecule has 2 heterocycles. The van der Waals surface area contributed by atoms with E-state index in [2.05, 4.69) is 15.3 Å². The van der Waals surface area contributed by atoms with Crippen LogP contribution in [0.1, 0.15) is 24.5 Å². The number of nitrogens with zero attached hydrogens (tertiary/aromatic N) is 3. The number of anilines is 1. The number of aromatic nitrogens is 2. The first-order valence-corrected chi connectivity index (χ1v) is 7.81. The van der Waals surface area contributed by atoms with Crippen LogP contribution in [-0.2, 0) is 10.0 Å². The average molecular weight is 270 g/mol. The van der Waals surface area contributed by atoms with E-state index < -0.39 is 10.0 Å². The highest BCUT2D eigenvalue weighted by Crippen LogP contribution is 2.30. The fourth-order valence-electron chi connectivity index (χ4n) is 2.30. The molecule has 0 unspecified atom stereocenters. The van der Waals surface area contributed by atoms with Crippen molar-refractivity contribution in [3.05, 3.63) is 18.1 Å². The predicted molar refractivity (Wildman–Crippen MR) is 70.0 cm³/mol. The Hall–Kier alpha value is -1.21. The lowest BCUT2D eigenvalue weighted by molar-refractivity contribution is 0.319. The number of piperidine rings is 1. The first-order valence-electron chi connectivity index (χ1n) is 5.96. The summed E-state index contributed by atoms with van der Waals surface area (Å²) in [5.41, 5.74) is 0.938. The molecule has 0 radical (unpaired) electrons. The average Bonchev–Trinajstić information content (AvgIpc) is 2.38. The molecule has 1 aromatic heterocycles. The van der Waals surface area contributed by atoms with E-state index in [1.807, 2.05) is 7.05 Å². The molecule has 6 nitrogen and oxygen atoms in total. The molecule has 2 rings (SSSR count). The molecule has 0 aliphatic carbocycles. The van der Waals surface area contributed by atoms with Gasteiger partial charge in [-0.2, -0.15) is 0 Å². The van der Waals surface area contributed by atoms with Crippen molar-refractivity contribution in [2.75, 3.05) is 31.7 Å². The van der Waals surface area contributed by atoms with E-state index >= 15 is 0 Å². The van der Waals surface area contributed by atoms with Gasteiger partial charge in [-0.25, -0.2) is 17.7 Å². The zero-order chi connectivity index (χ0) is 13.2. The summed E-state index contributed by atoms with van der Waals surface area (Å²) in [7, 11) is -1.25. The number of hydrogen-bond donors (Lipinski definition) is 1. The number of rotatable bonds is 3. The van der Waals surface area contributed by atoms with E-state index in [9.17, 15) is 8.42 Å². The zero-order valence-electron chi connectivity index (χ0n) is 10.6. The van der Waals surface area contributed by atoms with Crippen molar-refractivity contribution >= 4 is 15.8 Å². The van der Waals surface area contributed by atoms with Gasteiger partial charge in [-0.3, -0.25) is 4.98 Å². The van der Waals surface area contributed by atoms with Crippen LogP contribution in [0.2, 0.25) is 0 Å². The molecule has 1 saturated heterocycles. The fourth-order valence-corrected chi connectivity index (χ4v) is 3.18. The third-order valence-corrected chi connectivity index (χ3v) is 4.58. The Labute approximate surface area is 107 Å². The summed E-state index contributed by atoms with van der Waals surface area (Å²) in [6.07, 6.45) is 6.18. The topological polar surface area (TPSA) is 75.2 Å². The van der Waals surface area contributed by atoms with Gasteiger partial charge in [0.15, 0.2) is 0 Å². The van der Waals surface area contributed by atoms with Gasteiger partial charge in [0, 0.05) is 38.4 Å². The van der Waals surface area contributed by atoms with Crippen molar-refractivity contribution in [1.82, 2.24) is 14.3 Å². The Bertz CT molecular complexity index is 510. The second-order valence-corrected chi connectivity index (χ2v) is 6.46. The van der Waals surface area contributed by atoms with E-state index in [1.165, 1.54) is 10.6 Å². The van der Waals surface area contributed by atoms with Gasteiger partial charge in [0.1, 0.15) is 5.82 Å². The highest BCUT2D eigenvalue weighted by Gasteiger charge is 2.27. The number of hydrogen-bond acceptors (Lipinski definition) is 5. The molecule has 7 heteroatoms. The van der Waals surface area contributed by atoms with Crippen LogP contribution in [-0.4, -0.2) is 49.1 Å². The van der Waals surface area contributed by atoms with Gasteiger partial charge >= 0.3 is 0 Å². The zero-order valence-corrected chi connectivity index (χ0v) is 11.4. The summed E-state index contributed by atoms with van der Waals surface area (Å²) in [6, 6.07) is 0. The van der Waals surface area contributed by atoms with E-state index in [-0.39, 0.29) is 5.92 Å². The van der Waals surface area contributed by atoms with Crippen molar-refractivity contribution in [1.29, 1.82) is 0 Å². The van der Waals surface area contributed by atoms with Gasteiger partial charge in [0.2, 0.25) is 10.0 Å². The Balaban J connectivity index is 2.10. The molecule has 1 aromatic rings. The van der Waals surface area contributed by atoms with E-state index in [4.69, 9.17) is 0 Å². The summed E-state index contributed by atoms with van der Waals surface area (Å²) < 4.78 is 24.4. The van der Waals surface area contributed by atoms with Crippen molar-refractivity contribution in [2.24, 2.45) is 0 Å². The maximum absolute atomic E-state index is 11.4. The number of nitrogens with one attached hydrogen (secondary N) is 1. The molecule has 1 fully saturated rings. The quantitative estimate of drug-likeness (QED) is 0.873. The third-order valence-electron chi connectivity index (χ3n) is 3.27. The smallest absolute Gasteiger partial charge is 0.211 e. The second kappa shape index (κ2) is 5.19. The molecule has 1 N–H and O–H groups in total. The minimum absolute atomic E-state index is 0.277. The molecular weight excluding hydrogens is 252 g/mol. The fraction of sp³-hybridized carbons (Fsp3) is 0.636. The van der Waals surface area contributed by atoms with Crippen molar-refractivity contribution in [2.45, 2.75) is 18.8 Å². The molecule has 18 heavy (non-hydrogen) atoms. The molecule has 0 amide bonds. The number of sulfonamides is 1. The largest absolute Gasteiger partial charge is 0.372 e. The normalized spacial score (nSPS) is 18.8. The molecule has 0 spiro atoms. The minimum atomic E-state index is -3.07. The lowest BCUT2D eigenvalue weighted by Crippen LogP contribution is -2.37. The van der Waals surface area contributed by atoms with E-state index in [0.717, 1.165) is 24.4 Å². The lowest BCUT2D eigenvalue weighted by atomic mass is 9.94. The summed E-state index contributed by atoms with van der Waals surface area (Å²) >= 11 is 0. The summed E-state index contributed by atoms with van der Waals surface area (Å²) in [4.78, 5) is 8.60. The van der Waals surface area contributed by atoms with E-state index in [0.29, 0.717) is 13.1 Å². The molecule has 0 bridgehead atoms. The van der Waals surface area contributed by atoms with Crippen molar-refractivity contribution in [3.63, 3.8) is 0 Å². The Morgan fingerprint density at radius 3 is 2.44 bits per heavy atom. The highest BCUT2D eigenvalue weighted by molar-refractivity contribution is 7.88. The summed E-state index contributed by atoms with van der Waals surface area (Å²) in [5.74, 6) is 1.06. The van der Waals surface area contributed by atoms with Gasteiger partial charge in [-0.05, 0) is 12.8 Å². The summed E-state index contributed by atoms with van der Waals surface area (Å²) in [6.45, 7) is 1.12. The Kier molecular flexibility index (Phi) is 3.82. The SMILES string of the molecule is CNc1nccnc1C1CCN(S(C)(=O)=O)CC1. The van der Waals surface area contributed by atoms with Crippen molar-refractivity contribution < 1.29 is 8.42 Å². The minimum Gasteiger partial charge on any atom is -0.372 e. The molecule has 0 atom stereocenters. The predicted octanol–water partition coefficient (Wildman–Crippen LogP) is 0.657. The van der Waals surface area contributed by atoms with Gasteiger partial charge in [-0.15, -0.1) is 0 Å². The Morgan fingerprint density at radius 2 is 1.89 bits per heavy atom. The summed E-state index contributed by atoms with van der Waals surface area (Å²) in [5, 5.41) is 3.03. The van der Waals surface area contributed by atoms with Gasteiger partial charge in [0.25, 0.3) is 0 Å². The molecule has 100 valence electrons. The van der Waals surface area contributed by atoms with Gasteiger partial charge in [0.05, 0.1) is 11.9 Å². The van der Waals surface area contributed by atoms with Crippen LogP contribution >= 0.6 is 0 Å². The molecular formula is C11H18N4O2S. The van der Waals surface area contributed by atoms with E-state index in [1.54, 1.807) is 12.4 Å². The van der Waals surface area contributed by atoms with Crippen LogP contribution in [0.4, 0.5) is 5.82 Å². The maximum Gasteiger partial charge on any atom is 0.211 e. The molecule has 1 aliphatic rings. The van der Waals surface area contributed by atoms with Crippen LogP contribution in [0.5, 0.6) is 0 Å². The van der Waals surface area contributed by atoms with Crippen LogP contribution in [0.25, 0.3) is 0 Å². The van der Waals surface area contributed by atoms with Gasteiger partial charge in [-0.1, -0.05) is 0 Å². The second-order valence-electron chi connectivity index (χ2n) is 4.48. The molecule has 0 saturated carbocycles. The monoisotopic (exact) mass is 270 g/mol. The standard InChI is InChI=1S/C11H18N4O2S/c1-12-11-10(13-5-6-14-11)9-3-7-15(8-4-9)18(2,16)17/h5-6,9H,3-4,7-8H2,1-2H3,(H,12,14). The van der Waals surface area contributed by atoms with Gasteiger partial charge < -0.3 is 5.32 Å². The maximum atomic E-state index is 11.4. The van der Waals surface area contributed by atoms with Crippen LogP contribution in [0.15, 0.2) is 12.4 Å². The van der Waals surface area contributed by atoms with Crippen molar-refractivity contribution in [3.8, 4) is 0 Å². The van der Waals surface area contributed by atoms with Crippen LogP contribution < -0.4 is 5.32 Å². The lowest BCUT2D eigenvalue weighted by Gasteiger charge is -2.30. The third kappa shape index (κ3) is 2.78. The first-order chi connectivity index (χ1) is 8.52. The molecule has 0 aromatic carbocycles. The Morgan fingerprint density at radius 1 is 1.28 bits per heavy atom.